The number of benzene rings is 1. The maximum atomic E-state index is 12.3. The first-order chi connectivity index (χ1) is 5.02. The van der Waals surface area contributed by atoms with E-state index in [1.54, 1.807) is 0 Å². The third-order valence-electron chi connectivity index (χ3n) is 1.11. The predicted molar refractivity (Wildman–Crippen MR) is 30.2 cm³/mol. The minimum atomic E-state index is -4.62. The third-order valence-corrected chi connectivity index (χ3v) is 1.11. The summed E-state index contributed by atoms with van der Waals surface area (Å²) in [7, 11) is 0. The molecule has 1 rings (SSSR count). The molecule has 60 valence electrons. The molecular weight excluding hydrogens is 167 g/mol. The third kappa shape index (κ3) is 2.54. The standard InChI is InChI=1S/C7H3F4.Li/c8-6-4-2-1-3-5(6)7(9,10)11;/h1-3H;/q-1;+1. The van der Waals surface area contributed by atoms with Gasteiger partial charge in [-0.3, -0.25) is 0 Å². The fourth-order valence-corrected chi connectivity index (χ4v) is 0.635. The van der Waals surface area contributed by atoms with E-state index in [-0.39, 0.29) is 18.9 Å². The van der Waals surface area contributed by atoms with Crippen LogP contribution in [-0.4, -0.2) is 0 Å². The summed E-state index contributed by atoms with van der Waals surface area (Å²) in [5.74, 6) is -1.36. The number of rotatable bonds is 0. The molecule has 0 unspecified atom stereocenters. The van der Waals surface area contributed by atoms with Crippen molar-refractivity contribution in [2.24, 2.45) is 0 Å². The van der Waals surface area contributed by atoms with Gasteiger partial charge in [-0.05, 0) is 5.56 Å². The molecule has 0 N–H and O–H groups in total. The molecule has 0 atom stereocenters. The van der Waals surface area contributed by atoms with Gasteiger partial charge in [-0.1, -0.05) is 0 Å². The molecule has 0 radical (unpaired) electrons. The summed E-state index contributed by atoms with van der Waals surface area (Å²) in [6, 6.07) is 4.67. The second kappa shape index (κ2) is 3.97. The van der Waals surface area contributed by atoms with E-state index in [2.05, 4.69) is 0 Å². The molecule has 0 bridgehead atoms. The van der Waals surface area contributed by atoms with Crippen LogP contribution in [0.25, 0.3) is 0 Å². The van der Waals surface area contributed by atoms with Gasteiger partial charge in [0.25, 0.3) is 0 Å². The van der Waals surface area contributed by atoms with E-state index in [0.717, 1.165) is 12.1 Å². The zero-order chi connectivity index (χ0) is 8.48. The van der Waals surface area contributed by atoms with Gasteiger partial charge in [0.1, 0.15) is 0 Å². The van der Waals surface area contributed by atoms with Gasteiger partial charge in [0.05, 0.1) is 0 Å². The van der Waals surface area contributed by atoms with Crippen molar-refractivity contribution in [2.75, 3.05) is 0 Å². The van der Waals surface area contributed by atoms with E-state index in [1.807, 2.05) is 6.07 Å². The molecule has 0 aliphatic rings. The van der Waals surface area contributed by atoms with Gasteiger partial charge in [0, 0.05) is 5.82 Å². The van der Waals surface area contributed by atoms with Crippen LogP contribution in [0.4, 0.5) is 17.6 Å². The first-order valence-electron chi connectivity index (χ1n) is 2.75. The molecule has 0 aliphatic heterocycles. The molecule has 0 spiro atoms. The number of alkyl halides is 3. The van der Waals surface area contributed by atoms with Crippen molar-refractivity contribution in [3.05, 3.63) is 35.6 Å². The quantitative estimate of drug-likeness (QED) is 0.283. The molecule has 0 aromatic heterocycles. The molecule has 12 heavy (non-hydrogen) atoms. The Morgan fingerprint density at radius 3 is 2.17 bits per heavy atom. The molecule has 0 amide bonds. The van der Waals surface area contributed by atoms with E-state index in [9.17, 15) is 17.6 Å². The zero-order valence-electron chi connectivity index (χ0n) is 6.24. The van der Waals surface area contributed by atoms with Crippen molar-refractivity contribution in [1.29, 1.82) is 0 Å². The topological polar surface area (TPSA) is 0 Å². The number of hydrogen-bond donors (Lipinski definition) is 0. The second-order valence-electron chi connectivity index (χ2n) is 1.90. The summed E-state index contributed by atoms with van der Waals surface area (Å²) in [6.07, 6.45) is -4.62. The Labute approximate surface area is 78.8 Å². The molecule has 0 nitrogen and oxygen atoms in total. The summed E-state index contributed by atoms with van der Waals surface area (Å²) in [4.78, 5) is 0. The maximum Gasteiger partial charge on any atom is 1.00 e. The van der Waals surface area contributed by atoms with Crippen molar-refractivity contribution < 1.29 is 36.4 Å². The normalized spacial score (nSPS) is 10.7. The van der Waals surface area contributed by atoms with Gasteiger partial charge >= 0.3 is 25.0 Å². The smallest absolute Gasteiger partial charge is 0.236 e. The van der Waals surface area contributed by atoms with Crippen LogP contribution in [0.3, 0.4) is 0 Å². The molecule has 1 aromatic carbocycles. The van der Waals surface area contributed by atoms with Crippen molar-refractivity contribution in [3.8, 4) is 0 Å². The zero-order valence-corrected chi connectivity index (χ0v) is 6.24. The van der Waals surface area contributed by atoms with Gasteiger partial charge in [-0.2, -0.15) is 31.4 Å². The van der Waals surface area contributed by atoms with Gasteiger partial charge < -0.3 is 0 Å². The second-order valence-corrected chi connectivity index (χ2v) is 1.90. The van der Waals surface area contributed by atoms with Gasteiger partial charge in [0.15, 0.2) is 0 Å². The molecule has 1 aromatic rings. The van der Waals surface area contributed by atoms with Crippen LogP contribution < -0.4 is 18.9 Å². The van der Waals surface area contributed by atoms with E-state index in [0.29, 0.717) is 6.07 Å². The van der Waals surface area contributed by atoms with Gasteiger partial charge in [-0.25, -0.2) is 4.39 Å². The van der Waals surface area contributed by atoms with Crippen molar-refractivity contribution in [1.82, 2.24) is 0 Å². The molecule has 0 aliphatic carbocycles. The molecule has 0 saturated carbocycles. The maximum absolute atomic E-state index is 12.3. The number of halogens is 4. The summed E-state index contributed by atoms with van der Waals surface area (Å²) < 4.78 is 47.7. The van der Waals surface area contributed by atoms with E-state index >= 15 is 0 Å². The van der Waals surface area contributed by atoms with E-state index in [1.165, 1.54) is 0 Å². The Kier molecular flexibility index (Phi) is 3.82. The Bertz CT molecular complexity index is 256. The van der Waals surface area contributed by atoms with Crippen LogP contribution in [0.2, 0.25) is 0 Å². The molecule has 0 fully saturated rings. The average molecular weight is 170 g/mol. The number of hydrogen-bond acceptors (Lipinski definition) is 0. The van der Waals surface area contributed by atoms with Crippen LogP contribution in [0, 0.1) is 11.9 Å². The SMILES string of the molecule is Fc1[c-]cccc1C(F)(F)F.[Li+]. The largest absolute Gasteiger partial charge is 1.00 e. The van der Waals surface area contributed by atoms with Crippen LogP contribution in [0.15, 0.2) is 18.2 Å². The van der Waals surface area contributed by atoms with Gasteiger partial charge in [-0.15, -0.1) is 6.07 Å². The first-order valence-corrected chi connectivity index (χ1v) is 2.75. The molecule has 0 heterocycles. The van der Waals surface area contributed by atoms with Crippen LogP contribution in [-0.2, 0) is 6.18 Å². The average Bonchev–Trinajstić information content (AvgIpc) is 1.86. The van der Waals surface area contributed by atoms with Crippen LogP contribution >= 0.6 is 0 Å². The van der Waals surface area contributed by atoms with E-state index in [4.69, 9.17) is 0 Å². The fraction of sp³-hybridized carbons (Fsp3) is 0.143. The van der Waals surface area contributed by atoms with Crippen LogP contribution in [0.1, 0.15) is 5.56 Å². The Hall–Kier alpha value is -0.463. The first kappa shape index (κ1) is 11.5. The fourth-order valence-electron chi connectivity index (χ4n) is 0.635. The van der Waals surface area contributed by atoms with Crippen molar-refractivity contribution >= 4 is 0 Å². The van der Waals surface area contributed by atoms with Gasteiger partial charge in [0.2, 0.25) is 0 Å². The molecular formula is C7H3F4Li. The summed E-state index contributed by atoms with van der Waals surface area (Å²) in [5, 5.41) is 0. The van der Waals surface area contributed by atoms with Crippen LogP contribution in [0.5, 0.6) is 0 Å². The minimum absolute atomic E-state index is 0. The predicted octanol–water partition coefficient (Wildman–Crippen LogP) is -0.351. The monoisotopic (exact) mass is 170 g/mol. The molecule has 5 heteroatoms. The summed E-state index contributed by atoms with van der Waals surface area (Å²) in [5.41, 5.74) is -1.28. The van der Waals surface area contributed by atoms with Crippen molar-refractivity contribution in [3.63, 3.8) is 0 Å². The Balaban J connectivity index is 0.00000121. The minimum Gasteiger partial charge on any atom is -0.236 e. The molecule has 0 saturated heterocycles. The van der Waals surface area contributed by atoms with Crippen molar-refractivity contribution in [2.45, 2.75) is 6.18 Å². The summed E-state index contributed by atoms with van der Waals surface area (Å²) in [6.45, 7) is 0. The van der Waals surface area contributed by atoms with E-state index < -0.39 is 17.6 Å². The Morgan fingerprint density at radius 1 is 1.25 bits per heavy atom. The summed E-state index contributed by atoms with van der Waals surface area (Å²) >= 11 is 0. The Morgan fingerprint density at radius 2 is 1.83 bits per heavy atom.